The number of hydrogen-bond donors (Lipinski definition) is 3. The van der Waals surface area contributed by atoms with Crippen molar-refractivity contribution in [2.45, 2.75) is 0 Å². The van der Waals surface area contributed by atoms with Crippen molar-refractivity contribution >= 4 is 19.9 Å². The van der Waals surface area contributed by atoms with E-state index in [-0.39, 0.29) is 6.61 Å². The zero-order valence-corrected chi connectivity index (χ0v) is 5.64. The molecule has 0 aliphatic carbocycles. The SMILES string of the molecule is O=[P+](O)O.OCCCl. The molecule has 0 saturated carbocycles. The maximum atomic E-state index is 8.70. The molecule has 0 aliphatic heterocycles. The van der Waals surface area contributed by atoms with Crippen LogP contribution in [0, 0.1) is 0 Å². The molecule has 0 unspecified atom stereocenters. The van der Waals surface area contributed by atoms with Crippen LogP contribution in [0.25, 0.3) is 0 Å². The van der Waals surface area contributed by atoms with Gasteiger partial charge in [0.1, 0.15) is 0 Å². The molecule has 0 aromatic carbocycles. The van der Waals surface area contributed by atoms with Crippen molar-refractivity contribution in [3.8, 4) is 0 Å². The summed E-state index contributed by atoms with van der Waals surface area (Å²) in [5.74, 6) is 0.347. The molecule has 0 fully saturated rings. The Bertz CT molecular complexity index is 52.0. The second kappa shape index (κ2) is 10.3. The van der Waals surface area contributed by atoms with E-state index < -0.39 is 8.25 Å². The molecular weight excluding hydrogens is 154 g/mol. The lowest BCUT2D eigenvalue weighted by Gasteiger charge is -1.67. The summed E-state index contributed by atoms with van der Waals surface area (Å²) >= 11 is 4.94. The first-order valence-electron chi connectivity index (χ1n) is 1.67. The Labute approximate surface area is 52.7 Å². The third kappa shape index (κ3) is 108. The maximum absolute atomic E-state index is 8.70. The van der Waals surface area contributed by atoms with Crippen LogP contribution < -0.4 is 0 Å². The van der Waals surface area contributed by atoms with E-state index in [4.69, 9.17) is 31.1 Å². The molecule has 3 N–H and O–H groups in total. The fraction of sp³-hybridized carbons (Fsp3) is 1.00. The molecule has 0 radical (unpaired) electrons. The van der Waals surface area contributed by atoms with Gasteiger partial charge in [0, 0.05) is 10.4 Å². The summed E-state index contributed by atoms with van der Waals surface area (Å²) in [6.45, 7) is 0.0849. The molecule has 0 bridgehead atoms. The highest BCUT2D eigenvalue weighted by Gasteiger charge is 1.93. The van der Waals surface area contributed by atoms with Gasteiger partial charge in [0.2, 0.25) is 0 Å². The monoisotopic (exact) mass is 161 g/mol. The van der Waals surface area contributed by atoms with Crippen molar-refractivity contribution in [2.24, 2.45) is 0 Å². The minimum Gasteiger partial charge on any atom is -0.395 e. The second-order valence-corrected chi connectivity index (χ2v) is 1.55. The van der Waals surface area contributed by atoms with Crippen LogP contribution in [0.3, 0.4) is 0 Å². The quantitative estimate of drug-likeness (QED) is 0.369. The molecule has 6 heteroatoms. The number of halogens is 1. The van der Waals surface area contributed by atoms with E-state index in [0.29, 0.717) is 5.88 Å². The van der Waals surface area contributed by atoms with Crippen LogP contribution in [0.5, 0.6) is 0 Å². The second-order valence-electron chi connectivity index (χ2n) is 0.665. The Morgan fingerprint density at radius 3 is 1.62 bits per heavy atom. The summed E-state index contributed by atoms with van der Waals surface area (Å²) in [6, 6.07) is 0. The van der Waals surface area contributed by atoms with Crippen molar-refractivity contribution in [1.82, 2.24) is 0 Å². The molecule has 0 aliphatic rings. The third-order valence-corrected chi connectivity index (χ3v) is 0.254. The Kier molecular flexibility index (Phi) is 14.3. The van der Waals surface area contributed by atoms with Gasteiger partial charge in [-0.3, -0.25) is 0 Å². The van der Waals surface area contributed by atoms with Crippen molar-refractivity contribution in [1.29, 1.82) is 0 Å². The summed E-state index contributed by atoms with van der Waals surface area (Å²) in [6.07, 6.45) is 0. The lowest BCUT2D eigenvalue weighted by Crippen LogP contribution is -1.76. The zero-order valence-electron chi connectivity index (χ0n) is 3.99. The molecule has 0 amide bonds. The van der Waals surface area contributed by atoms with Gasteiger partial charge in [-0.25, -0.2) is 0 Å². The van der Waals surface area contributed by atoms with E-state index in [0.717, 1.165) is 0 Å². The topological polar surface area (TPSA) is 77.8 Å². The highest BCUT2D eigenvalue weighted by Crippen LogP contribution is 1.98. The predicted octanol–water partition coefficient (Wildman–Crippen LogP) is -0.154. The minimum absolute atomic E-state index is 0.0849. The van der Waals surface area contributed by atoms with Crippen molar-refractivity contribution in [3.05, 3.63) is 0 Å². The third-order valence-electron chi connectivity index (χ3n) is 0.0845. The average Bonchev–Trinajstić information content (AvgIpc) is 1.65. The predicted molar refractivity (Wildman–Crippen MR) is 29.8 cm³/mol. The van der Waals surface area contributed by atoms with Gasteiger partial charge >= 0.3 is 8.25 Å². The molecule has 0 heterocycles. The first kappa shape index (κ1) is 11.1. The molecule has 4 nitrogen and oxygen atoms in total. The Morgan fingerprint density at radius 2 is 1.62 bits per heavy atom. The smallest absolute Gasteiger partial charge is 0.395 e. The molecule has 0 saturated heterocycles. The van der Waals surface area contributed by atoms with Gasteiger partial charge in [0.05, 0.1) is 6.61 Å². The van der Waals surface area contributed by atoms with Gasteiger partial charge in [-0.05, 0) is 0 Å². The Hall–Kier alpha value is 0.270. The van der Waals surface area contributed by atoms with Crippen LogP contribution in [0.4, 0.5) is 0 Å². The van der Waals surface area contributed by atoms with E-state index in [1.807, 2.05) is 0 Å². The number of alkyl halides is 1. The molecule has 0 aromatic heterocycles. The van der Waals surface area contributed by atoms with E-state index in [1.165, 1.54) is 0 Å². The van der Waals surface area contributed by atoms with E-state index in [9.17, 15) is 0 Å². The van der Waals surface area contributed by atoms with Gasteiger partial charge in [0.15, 0.2) is 0 Å². The maximum Gasteiger partial charge on any atom is 0.692 e. The van der Waals surface area contributed by atoms with E-state index in [2.05, 4.69) is 0 Å². The molecular formula is C2H7ClO4P+. The normalized spacial score (nSPS) is 7.00. The standard InChI is InChI=1S/C2H5ClO.HO3P/c3-1-2-4;1-4(2)3/h4H,1-2H2;(H-,1,2,3)/p+1. The largest absolute Gasteiger partial charge is 0.692 e. The van der Waals surface area contributed by atoms with Gasteiger partial charge in [-0.15, -0.1) is 21.4 Å². The lowest BCUT2D eigenvalue weighted by molar-refractivity contribution is 0.321. The number of aliphatic hydroxyl groups is 1. The van der Waals surface area contributed by atoms with Crippen LogP contribution in [-0.4, -0.2) is 27.4 Å². The average molecular weight is 162 g/mol. The van der Waals surface area contributed by atoms with Crippen LogP contribution in [-0.2, 0) is 4.57 Å². The summed E-state index contributed by atoms with van der Waals surface area (Å²) < 4.78 is 8.70. The van der Waals surface area contributed by atoms with Gasteiger partial charge in [0.25, 0.3) is 0 Å². The van der Waals surface area contributed by atoms with Gasteiger partial charge in [-0.1, -0.05) is 0 Å². The highest BCUT2D eigenvalue weighted by molar-refractivity contribution is 7.30. The van der Waals surface area contributed by atoms with Crippen LogP contribution >= 0.6 is 19.9 Å². The summed E-state index contributed by atoms with van der Waals surface area (Å²) in [7, 11) is -2.87. The van der Waals surface area contributed by atoms with Gasteiger partial charge < -0.3 is 5.11 Å². The molecule has 0 atom stereocenters. The van der Waals surface area contributed by atoms with Crippen molar-refractivity contribution in [3.63, 3.8) is 0 Å². The van der Waals surface area contributed by atoms with Crippen LogP contribution in [0.15, 0.2) is 0 Å². The summed E-state index contributed by atoms with van der Waals surface area (Å²) in [4.78, 5) is 14.2. The van der Waals surface area contributed by atoms with Crippen molar-refractivity contribution < 1.29 is 19.5 Å². The Balaban J connectivity index is 0. The first-order chi connectivity index (χ1) is 3.65. The zero-order chi connectivity index (χ0) is 6.99. The molecule has 0 rings (SSSR count). The Morgan fingerprint density at radius 1 is 1.50 bits per heavy atom. The van der Waals surface area contributed by atoms with Crippen LogP contribution in [0.1, 0.15) is 0 Å². The fourth-order valence-electron chi connectivity index (χ4n) is 0. The summed E-state index contributed by atoms with van der Waals surface area (Å²) in [5, 5.41) is 7.74. The minimum atomic E-state index is -2.87. The fourth-order valence-corrected chi connectivity index (χ4v) is 0. The highest BCUT2D eigenvalue weighted by atomic mass is 35.5. The summed E-state index contributed by atoms with van der Waals surface area (Å²) in [5.41, 5.74) is 0. The van der Waals surface area contributed by atoms with E-state index in [1.54, 1.807) is 0 Å². The molecule has 8 heavy (non-hydrogen) atoms. The van der Waals surface area contributed by atoms with E-state index >= 15 is 0 Å². The number of hydrogen-bond acceptors (Lipinski definition) is 2. The molecule has 0 spiro atoms. The molecule has 50 valence electrons. The van der Waals surface area contributed by atoms with Gasteiger partial charge in [-0.2, -0.15) is 0 Å². The number of rotatable bonds is 1. The number of aliphatic hydroxyl groups excluding tert-OH is 1. The first-order valence-corrected chi connectivity index (χ1v) is 3.37. The lowest BCUT2D eigenvalue weighted by atomic mass is 10.9. The van der Waals surface area contributed by atoms with Crippen LogP contribution in [0.2, 0.25) is 0 Å². The van der Waals surface area contributed by atoms with Crippen molar-refractivity contribution in [2.75, 3.05) is 12.5 Å². The molecule has 0 aromatic rings.